The molecule has 0 spiro atoms. The van der Waals surface area contributed by atoms with Gasteiger partial charge in [-0.3, -0.25) is 14.6 Å². The molecule has 1 amide bonds. The summed E-state index contributed by atoms with van der Waals surface area (Å²) in [5, 5.41) is 13.5. The highest BCUT2D eigenvalue weighted by molar-refractivity contribution is 5.95. The average Bonchev–Trinajstić information content (AvgIpc) is 2.85. The number of H-pyrrole nitrogens is 1. The normalized spacial score (nSPS) is 14.2. The molecular weight excluding hydrogens is 418 g/mol. The van der Waals surface area contributed by atoms with Crippen molar-refractivity contribution in [3.05, 3.63) is 81.6 Å². The average molecular weight is 441 g/mol. The zero-order valence-corrected chi connectivity index (χ0v) is 18.2. The molecule has 1 fully saturated rings. The first-order chi connectivity index (χ1) is 16.0. The quantitative estimate of drug-likeness (QED) is 0.463. The molecule has 0 radical (unpaired) electrons. The number of anilines is 1. The van der Waals surface area contributed by atoms with E-state index in [4.69, 9.17) is 0 Å². The number of nitrogens with zero attached hydrogens (tertiary/aromatic N) is 5. The highest BCUT2D eigenvalue weighted by atomic mass is 16.2. The van der Waals surface area contributed by atoms with E-state index in [0.29, 0.717) is 11.1 Å². The molecule has 1 aliphatic rings. The SMILES string of the molecule is CN1CCN(C(=O)c2ccc(C=NNc3nc(-c4ccccc4)c(C#N)c(=O)[nH]3)cc2)CC1. The van der Waals surface area contributed by atoms with E-state index in [1.54, 1.807) is 42.6 Å². The summed E-state index contributed by atoms with van der Waals surface area (Å²) in [4.78, 5) is 35.9. The molecule has 166 valence electrons. The summed E-state index contributed by atoms with van der Waals surface area (Å²) in [6, 6.07) is 18.1. The minimum atomic E-state index is -0.546. The van der Waals surface area contributed by atoms with Crippen molar-refractivity contribution in [2.45, 2.75) is 0 Å². The predicted octanol–water partition coefficient (Wildman–Crippen LogP) is 2.14. The van der Waals surface area contributed by atoms with E-state index in [1.165, 1.54) is 0 Å². The van der Waals surface area contributed by atoms with Crippen molar-refractivity contribution in [2.24, 2.45) is 5.10 Å². The molecular formula is C24H23N7O2. The summed E-state index contributed by atoms with van der Waals surface area (Å²) in [7, 11) is 2.05. The van der Waals surface area contributed by atoms with Crippen LogP contribution in [0, 0.1) is 11.3 Å². The van der Waals surface area contributed by atoms with Gasteiger partial charge in [0.15, 0.2) is 0 Å². The third kappa shape index (κ3) is 5.14. The number of likely N-dealkylation sites (N-methyl/N-ethyl adjacent to an activating group) is 1. The summed E-state index contributed by atoms with van der Waals surface area (Å²) in [5.41, 5.74) is 4.45. The standard InChI is InChI=1S/C24H23N7O2/c1-30-11-13-31(14-12-30)23(33)19-9-7-17(8-10-19)16-26-29-24-27-21(18-5-3-2-4-6-18)20(15-25)22(32)28-24/h2-10,16H,11-14H2,1H3,(H2,27,28,29,32). The zero-order chi connectivity index (χ0) is 23.2. The molecule has 2 N–H and O–H groups in total. The fourth-order valence-corrected chi connectivity index (χ4v) is 3.51. The second-order valence-corrected chi connectivity index (χ2v) is 7.70. The summed E-state index contributed by atoms with van der Waals surface area (Å²) < 4.78 is 0. The van der Waals surface area contributed by atoms with E-state index < -0.39 is 5.56 Å². The van der Waals surface area contributed by atoms with Crippen molar-refractivity contribution >= 4 is 18.1 Å². The topological polar surface area (TPSA) is 117 Å². The number of hydrogen-bond acceptors (Lipinski definition) is 7. The first-order valence-corrected chi connectivity index (χ1v) is 10.5. The Morgan fingerprint density at radius 3 is 2.48 bits per heavy atom. The lowest BCUT2D eigenvalue weighted by Gasteiger charge is -2.32. The van der Waals surface area contributed by atoms with Crippen LogP contribution in [0.5, 0.6) is 0 Å². The number of aromatic amines is 1. The number of rotatable bonds is 5. The maximum atomic E-state index is 12.6. The number of carbonyl (C=O) groups is 1. The molecule has 4 rings (SSSR count). The molecule has 1 aromatic heterocycles. The Bertz CT molecular complexity index is 1250. The van der Waals surface area contributed by atoms with Crippen molar-refractivity contribution in [3.8, 4) is 17.3 Å². The van der Waals surface area contributed by atoms with Gasteiger partial charge in [-0.2, -0.15) is 10.4 Å². The number of benzene rings is 2. The summed E-state index contributed by atoms with van der Waals surface area (Å²) >= 11 is 0. The molecule has 0 aliphatic carbocycles. The van der Waals surface area contributed by atoms with E-state index in [0.717, 1.165) is 31.7 Å². The first kappa shape index (κ1) is 21.9. The molecule has 1 aliphatic heterocycles. The molecule has 0 atom stereocenters. The maximum Gasteiger partial charge on any atom is 0.270 e. The Balaban J connectivity index is 1.45. The minimum Gasteiger partial charge on any atom is -0.336 e. The minimum absolute atomic E-state index is 0.0255. The van der Waals surface area contributed by atoms with Gasteiger partial charge in [-0.05, 0) is 24.7 Å². The molecule has 33 heavy (non-hydrogen) atoms. The van der Waals surface area contributed by atoms with Gasteiger partial charge in [0.1, 0.15) is 11.6 Å². The maximum absolute atomic E-state index is 12.6. The van der Waals surface area contributed by atoms with Crippen LogP contribution < -0.4 is 11.0 Å². The van der Waals surface area contributed by atoms with Crippen LogP contribution in [0.15, 0.2) is 64.5 Å². The molecule has 3 aromatic rings. The Morgan fingerprint density at radius 2 is 1.82 bits per heavy atom. The Kier molecular flexibility index (Phi) is 6.57. The second-order valence-electron chi connectivity index (χ2n) is 7.70. The monoisotopic (exact) mass is 441 g/mol. The lowest BCUT2D eigenvalue weighted by atomic mass is 10.1. The van der Waals surface area contributed by atoms with E-state index in [9.17, 15) is 14.9 Å². The van der Waals surface area contributed by atoms with Gasteiger partial charge >= 0.3 is 0 Å². The van der Waals surface area contributed by atoms with Crippen molar-refractivity contribution in [1.29, 1.82) is 5.26 Å². The Morgan fingerprint density at radius 1 is 1.12 bits per heavy atom. The van der Waals surface area contributed by atoms with Crippen molar-refractivity contribution < 1.29 is 4.79 Å². The van der Waals surface area contributed by atoms with Crippen LogP contribution in [0.3, 0.4) is 0 Å². The number of amides is 1. The molecule has 0 bridgehead atoms. The van der Waals surface area contributed by atoms with E-state index >= 15 is 0 Å². The number of hydrazone groups is 1. The van der Waals surface area contributed by atoms with Crippen LogP contribution in [0.25, 0.3) is 11.3 Å². The molecule has 0 saturated carbocycles. The largest absolute Gasteiger partial charge is 0.336 e. The molecule has 1 saturated heterocycles. The molecule has 9 heteroatoms. The molecule has 0 unspecified atom stereocenters. The summed E-state index contributed by atoms with van der Waals surface area (Å²) in [6.07, 6.45) is 1.56. The number of nitriles is 1. The molecule has 2 aromatic carbocycles. The van der Waals surface area contributed by atoms with Crippen LogP contribution in [0.2, 0.25) is 0 Å². The van der Waals surface area contributed by atoms with Gasteiger partial charge in [0, 0.05) is 37.3 Å². The second kappa shape index (κ2) is 9.89. The number of aromatic nitrogens is 2. The van der Waals surface area contributed by atoms with E-state index in [2.05, 4.69) is 32.4 Å². The third-order valence-corrected chi connectivity index (χ3v) is 5.41. The number of carbonyl (C=O) groups excluding carboxylic acids is 1. The van der Waals surface area contributed by atoms with Crippen molar-refractivity contribution in [3.63, 3.8) is 0 Å². The van der Waals surface area contributed by atoms with Gasteiger partial charge in [0.05, 0.1) is 11.9 Å². The van der Waals surface area contributed by atoms with Crippen molar-refractivity contribution in [2.75, 3.05) is 38.7 Å². The van der Waals surface area contributed by atoms with Gasteiger partial charge in [-0.25, -0.2) is 10.4 Å². The van der Waals surface area contributed by atoms with Gasteiger partial charge in [0.2, 0.25) is 5.95 Å². The van der Waals surface area contributed by atoms with Crippen molar-refractivity contribution in [1.82, 2.24) is 19.8 Å². The number of piperazine rings is 1. The lowest BCUT2D eigenvalue weighted by Crippen LogP contribution is -2.47. The Hall–Kier alpha value is -4.29. The van der Waals surface area contributed by atoms with E-state index in [1.807, 2.05) is 29.2 Å². The number of hydrogen-bond donors (Lipinski definition) is 2. The first-order valence-electron chi connectivity index (χ1n) is 10.5. The molecule has 2 heterocycles. The fraction of sp³-hybridized carbons (Fsp3) is 0.208. The van der Waals surface area contributed by atoms with Gasteiger partial charge < -0.3 is 9.80 Å². The van der Waals surface area contributed by atoms with Gasteiger partial charge in [-0.1, -0.05) is 42.5 Å². The Labute approximate surface area is 191 Å². The summed E-state index contributed by atoms with van der Waals surface area (Å²) in [6.45, 7) is 3.20. The smallest absolute Gasteiger partial charge is 0.270 e. The summed E-state index contributed by atoms with van der Waals surface area (Å²) in [5.74, 6) is 0.147. The highest BCUT2D eigenvalue weighted by Crippen LogP contribution is 2.19. The van der Waals surface area contributed by atoms with Crippen LogP contribution in [-0.4, -0.2) is 65.1 Å². The molecule has 9 nitrogen and oxygen atoms in total. The fourth-order valence-electron chi connectivity index (χ4n) is 3.51. The van der Waals surface area contributed by atoms with Gasteiger partial charge in [-0.15, -0.1) is 0 Å². The predicted molar refractivity (Wildman–Crippen MR) is 126 cm³/mol. The van der Waals surface area contributed by atoms with Crippen LogP contribution in [0.4, 0.5) is 5.95 Å². The lowest BCUT2D eigenvalue weighted by molar-refractivity contribution is 0.0664. The van der Waals surface area contributed by atoms with Crippen LogP contribution in [0.1, 0.15) is 21.5 Å². The zero-order valence-electron chi connectivity index (χ0n) is 18.2. The van der Waals surface area contributed by atoms with E-state index in [-0.39, 0.29) is 23.1 Å². The third-order valence-electron chi connectivity index (χ3n) is 5.41. The highest BCUT2D eigenvalue weighted by Gasteiger charge is 2.20. The van der Waals surface area contributed by atoms with Crippen LogP contribution >= 0.6 is 0 Å². The number of nitrogens with one attached hydrogen (secondary N) is 2. The van der Waals surface area contributed by atoms with Gasteiger partial charge in [0.25, 0.3) is 11.5 Å². The van der Waals surface area contributed by atoms with Crippen LogP contribution in [-0.2, 0) is 0 Å².